The van der Waals surface area contributed by atoms with Gasteiger partial charge in [0.1, 0.15) is 6.04 Å². The van der Waals surface area contributed by atoms with Gasteiger partial charge in [0.25, 0.3) is 0 Å². The lowest BCUT2D eigenvalue weighted by Crippen LogP contribution is -2.60. The van der Waals surface area contributed by atoms with E-state index in [-0.39, 0.29) is 30.5 Å². The van der Waals surface area contributed by atoms with E-state index < -0.39 is 0 Å². The molecule has 2 rings (SSSR count). The third-order valence-electron chi connectivity index (χ3n) is 3.43. The minimum absolute atomic E-state index is 0.00949. The number of hydrogen-bond acceptors (Lipinski definition) is 4. The van der Waals surface area contributed by atoms with Crippen molar-refractivity contribution in [3.8, 4) is 0 Å². The number of carbonyl (C=O) groups excluding carboxylic acids is 2. The van der Waals surface area contributed by atoms with Crippen molar-refractivity contribution in [1.82, 2.24) is 10.2 Å². The molecule has 102 valence electrons. The monoisotopic (exact) mass is 256 g/mol. The number of carbonyl (C=O) groups is 2. The Kier molecular flexibility index (Phi) is 4.19. The van der Waals surface area contributed by atoms with Crippen LogP contribution in [0.15, 0.2) is 0 Å². The van der Waals surface area contributed by atoms with Crippen LogP contribution < -0.4 is 5.32 Å². The van der Waals surface area contributed by atoms with Crippen LogP contribution in [0.25, 0.3) is 0 Å². The summed E-state index contributed by atoms with van der Waals surface area (Å²) in [7, 11) is 3.17. The standard InChI is InChI=1S/C12H20N2O4/c1-17-7-9(18-2)5-14-6-10(15)13-11(12(14)16)8-3-4-8/h8-9,11H,3-7H2,1-2H3,(H,13,15). The third kappa shape index (κ3) is 3.00. The summed E-state index contributed by atoms with van der Waals surface area (Å²) < 4.78 is 10.3. The van der Waals surface area contributed by atoms with E-state index >= 15 is 0 Å². The molecule has 1 saturated heterocycles. The molecule has 0 spiro atoms. The zero-order chi connectivity index (χ0) is 13.1. The molecule has 2 atom stereocenters. The average Bonchev–Trinajstić information content (AvgIpc) is 3.16. The number of rotatable bonds is 6. The van der Waals surface area contributed by atoms with E-state index in [1.165, 1.54) is 0 Å². The van der Waals surface area contributed by atoms with Gasteiger partial charge in [-0.1, -0.05) is 0 Å². The summed E-state index contributed by atoms with van der Waals surface area (Å²) >= 11 is 0. The fourth-order valence-electron chi connectivity index (χ4n) is 2.26. The minimum atomic E-state index is -0.327. The number of piperazine rings is 1. The fourth-order valence-corrected chi connectivity index (χ4v) is 2.26. The minimum Gasteiger partial charge on any atom is -0.382 e. The van der Waals surface area contributed by atoms with Crippen molar-refractivity contribution in [1.29, 1.82) is 0 Å². The van der Waals surface area contributed by atoms with E-state index in [0.717, 1.165) is 12.8 Å². The Morgan fingerprint density at radius 3 is 2.67 bits per heavy atom. The third-order valence-corrected chi connectivity index (χ3v) is 3.43. The lowest BCUT2D eigenvalue weighted by molar-refractivity contribution is -0.147. The highest BCUT2D eigenvalue weighted by atomic mass is 16.5. The lowest BCUT2D eigenvalue weighted by atomic mass is 10.1. The highest BCUT2D eigenvalue weighted by Crippen LogP contribution is 2.34. The first kappa shape index (κ1) is 13.3. The van der Waals surface area contributed by atoms with Crippen LogP contribution in [0, 0.1) is 5.92 Å². The van der Waals surface area contributed by atoms with E-state index in [0.29, 0.717) is 19.1 Å². The number of amides is 2. The highest BCUT2D eigenvalue weighted by Gasteiger charge is 2.42. The van der Waals surface area contributed by atoms with Gasteiger partial charge in [-0.2, -0.15) is 0 Å². The second-order valence-electron chi connectivity index (χ2n) is 4.91. The highest BCUT2D eigenvalue weighted by molar-refractivity contribution is 5.95. The zero-order valence-corrected chi connectivity index (χ0v) is 10.8. The van der Waals surface area contributed by atoms with Gasteiger partial charge < -0.3 is 19.7 Å². The maximum Gasteiger partial charge on any atom is 0.245 e. The van der Waals surface area contributed by atoms with E-state index in [9.17, 15) is 9.59 Å². The molecule has 1 aliphatic carbocycles. The second-order valence-corrected chi connectivity index (χ2v) is 4.91. The van der Waals surface area contributed by atoms with E-state index in [2.05, 4.69) is 5.32 Å². The summed E-state index contributed by atoms with van der Waals surface area (Å²) in [4.78, 5) is 25.4. The first-order chi connectivity index (χ1) is 8.65. The van der Waals surface area contributed by atoms with Gasteiger partial charge in [0.15, 0.2) is 0 Å². The van der Waals surface area contributed by atoms with Crippen molar-refractivity contribution in [2.75, 3.05) is 33.9 Å². The van der Waals surface area contributed by atoms with E-state index in [4.69, 9.17) is 9.47 Å². The quantitative estimate of drug-likeness (QED) is 0.688. The SMILES string of the molecule is COCC(CN1CC(=O)NC(C2CC2)C1=O)OC. The Bertz CT molecular complexity index is 330. The van der Waals surface area contributed by atoms with Crippen molar-refractivity contribution in [3.05, 3.63) is 0 Å². The Morgan fingerprint density at radius 2 is 2.11 bits per heavy atom. The summed E-state index contributed by atoms with van der Waals surface area (Å²) in [6, 6.07) is -0.327. The summed E-state index contributed by atoms with van der Waals surface area (Å²) in [5.41, 5.74) is 0. The van der Waals surface area contributed by atoms with Crippen LogP contribution >= 0.6 is 0 Å². The molecule has 0 aromatic rings. The lowest BCUT2D eigenvalue weighted by Gasteiger charge is -2.34. The van der Waals surface area contributed by atoms with Crippen LogP contribution in [0.2, 0.25) is 0 Å². The van der Waals surface area contributed by atoms with Gasteiger partial charge in [-0.3, -0.25) is 9.59 Å². The first-order valence-corrected chi connectivity index (χ1v) is 6.25. The number of nitrogens with one attached hydrogen (secondary N) is 1. The van der Waals surface area contributed by atoms with Crippen molar-refractivity contribution < 1.29 is 19.1 Å². The molecule has 6 nitrogen and oxygen atoms in total. The predicted octanol–water partition coefficient (Wildman–Crippen LogP) is -0.615. The fraction of sp³-hybridized carbons (Fsp3) is 0.833. The molecule has 2 amide bonds. The van der Waals surface area contributed by atoms with Crippen LogP contribution in [-0.4, -0.2) is 62.8 Å². The number of nitrogens with zero attached hydrogens (tertiary/aromatic N) is 1. The molecule has 2 fully saturated rings. The van der Waals surface area contributed by atoms with Gasteiger partial charge in [0, 0.05) is 20.8 Å². The summed E-state index contributed by atoms with van der Waals surface area (Å²) in [6.07, 6.45) is 1.86. The summed E-state index contributed by atoms with van der Waals surface area (Å²) in [6.45, 7) is 0.932. The maximum absolute atomic E-state index is 12.2. The average molecular weight is 256 g/mol. The van der Waals surface area contributed by atoms with Gasteiger partial charge in [-0.15, -0.1) is 0 Å². The molecule has 0 radical (unpaired) electrons. The van der Waals surface area contributed by atoms with Crippen LogP contribution in [0.4, 0.5) is 0 Å². The van der Waals surface area contributed by atoms with Gasteiger partial charge in [0.05, 0.1) is 19.3 Å². The van der Waals surface area contributed by atoms with Crippen LogP contribution in [0.1, 0.15) is 12.8 Å². The topological polar surface area (TPSA) is 67.9 Å². The van der Waals surface area contributed by atoms with E-state index in [1.54, 1.807) is 19.1 Å². The molecular formula is C12H20N2O4. The molecule has 0 bridgehead atoms. The largest absolute Gasteiger partial charge is 0.382 e. The summed E-state index contributed by atoms with van der Waals surface area (Å²) in [5, 5.41) is 2.78. The van der Waals surface area contributed by atoms with E-state index in [1.807, 2.05) is 0 Å². The molecule has 1 heterocycles. The molecule has 1 aliphatic heterocycles. The number of ether oxygens (including phenoxy) is 2. The number of hydrogen-bond donors (Lipinski definition) is 1. The van der Waals surface area contributed by atoms with Crippen molar-refractivity contribution in [3.63, 3.8) is 0 Å². The van der Waals surface area contributed by atoms with Gasteiger partial charge >= 0.3 is 0 Å². The molecule has 6 heteroatoms. The molecule has 1 saturated carbocycles. The second kappa shape index (κ2) is 5.67. The smallest absolute Gasteiger partial charge is 0.245 e. The van der Waals surface area contributed by atoms with Crippen molar-refractivity contribution in [2.45, 2.75) is 25.0 Å². The van der Waals surface area contributed by atoms with Crippen LogP contribution in [-0.2, 0) is 19.1 Å². The first-order valence-electron chi connectivity index (χ1n) is 6.25. The van der Waals surface area contributed by atoms with Crippen LogP contribution in [0.3, 0.4) is 0 Å². The molecule has 0 aromatic heterocycles. The Hall–Kier alpha value is -1.14. The van der Waals surface area contributed by atoms with Crippen molar-refractivity contribution in [2.24, 2.45) is 5.92 Å². The molecular weight excluding hydrogens is 236 g/mol. The molecule has 2 aliphatic rings. The Labute approximate surface area is 107 Å². The molecule has 1 N–H and O–H groups in total. The molecule has 18 heavy (non-hydrogen) atoms. The molecule has 2 unspecified atom stereocenters. The Morgan fingerprint density at radius 1 is 1.39 bits per heavy atom. The van der Waals surface area contributed by atoms with Gasteiger partial charge in [-0.25, -0.2) is 0 Å². The van der Waals surface area contributed by atoms with Gasteiger partial charge in [-0.05, 0) is 18.8 Å². The number of methoxy groups -OCH3 is 2. The van der Waals surface area contributed by atoms with Crippen LogP contribution in [0.5, 0.6) is 0 Å². The van der Waals surface area contributed by atoms with Crippen molar-refractivity contribution >= 4 is 11.8 Å². The summed E-state index contributed by atoms with van der Waals surface area (Å²) in [5.74, 6) is 0.252. The predicted molar refractivity (Wildman–Crippen MR) is 63.9 cm³/mol. The normalized spacial score (nSPS) is 26.1. The maximum atomic E-state index is 12.2. The zero-order valence-electron chi connectivity index (χ0n) is 10.8. The van der Waals surface area contributed by atoms with Gasteiger partial charge in [0.2, 0.25) is 11.8 Å². The molecule has 0 aromatic carbocycles. The Balaban J connectivity index is 1.96.